The standard InChI is InChI=1S/C25H23O2S/c1-4-25(3,21-13-12-18(2)16-21)27-24(26)20-9-7-10-22(17-20)28-15-14-19-8-5-6-11-23(19)28/h1,5-11,14-17,21H,12-13H2,2-3H3/q+1. The van der Waals surface area contributed by atoms with Crippen molar-refractivity contribution in [2.45, 2.75) is 32.3 Å². The van der Waals surface area contributed by atoms with Gasteiger partial charge in [-0.05, 0) is 51.0 Å². The first-order chi connectivity index (χ1) is 13.5. The minimum absolute atomic E-state index is 0.0659. The minimum atomic E-state index is -0.924. The molecule has 0 spiro atoms. The smallest absolute Gasteiger partial charge is 0.339 e. The normalized spacial score (nSPS) is 19.0. The van der Waals surface area contributed by atoms with Gasteiger partial charge >= 0.3 is 5.97 Å². The average Bonchev–Trinajstić information content (AvgIpc) is 3.34. The molecule has 28 heavy (non-hydrogen) atoms. The molecule has 0 saturated carbocycles. The molecule has 1 aliphatic carbocycles. The quantitative estimate of drug-likeness (QED) is 0.221. The second-order valence-corrected chi connectivity index (χ2v) is 9.36. The van der Waals surface area contributed by atoms with Crippen LogP contribution in [0.3, 0.4) is 0 Å². The lowest BCUT2D eigenvalue weighted by atomic mass is 9.89. The van der Waals surface area contributed by atoms with Crippen molar-refractivity contribution in [1.29, 1.82) is 0 Å². The predicted molar refractivity (Wildman–Crippen MR) is 117 cm³/mol. The van der Waals surface area contributed by atoms with E-state index < -0.39 is 5.60 Å². The highest BCUT2D eigenvalue weighted by molar-refractivity contribution is 7.43. The largest absolute Gasteiger partial charge is 0.442 e. The van der Waals surface area contributed by atoms with Crippen LogP contribution in [0.25, 0.3) is 15.0 Å². The Labute approximate surface area is 168 Å². The fourth-order valence-electron chi connectivity index (χ4n) is 3.79. The molecule has 0 bridgehead atoms. The van der Waals surface area contributed by atoms with E-state index in [-0.39, 0.29) is 22.4 Å². The number of benzene rings is 2. The van der Waals surface area contributed by atoms with Crippen LogP contribution in [0, 0.1) is 18.3 Å². The van der Waals surface area contributed by atoms with Gasteiger partial charge in [0.2, 0.25) is 0 Å². The molecule has 1 aliphatic rings. The molecule has 0 amide bonds. The summed E-state index contributed by atoms with van der Waals surface area (Å²) in [5.74, 6) is 2.43. The zero-order valence-corrected chi connectivity index (χ0v) is 17.0. The highest BCUT2D eigenvalue weighted by Crippen LogP contribution is 2.40. The molecule has 0 saturated heterocycles. The Kier molecular flexibility index (Phi) is 4.83. The number of carbonyl (C=O) groups is 1. The fourth-order valence-corrected chi connectivity index (χ4v) is 5.72. The summed E-state index contributed by atoms with van der Waals surface area (Å²) >= 11 is 0. The number of ether oxygens (including phenoxy) is 1. The van der Waals surface area contributed by atoms with E-state index in [2.05, 4.69) is 54.6 Å². The van der Waals surface area contributed by atoms with Crippen molar-refractivity contribution in [2.24, 2.45) is 5.92 Å². The molecule has 1 aromatic heterocycles. The van der Waals surface area contributed by atoms with Gasteiger partial charge in [-0.15, -0.1) is 6.42 Å². The third kappa shape index (κ3) is 3.37. The molecule has 3 heteroatoms. The topological polar surface area (TPSA) is 26.3 Å². The van der Waals surface area contributed by atoms with Crippen molar-refractivity contribution < 1.29 is 9.53 Å². The third-order valence-electron chi connectivity index (χ3n) is 5.50. The first kappa shape index (κ1) is 18.5. The number of hydrogen-bond acceptors (Lipinski definition) is 2. The summed E-state index contributed by atoms with van der Waals surface area (Å²) in [6.07, 6.45) is 9.85. The zero-order chi connectivity index (χ0) is 19.7. The number of thiophene rings is 1. The SMILES string of the molecule is C#CC(C)(OC(=O)c1cccc(-[s+]2ccc3ccccc32)c1)C1C=C(C)CC1. The average molecular weight is 388 g/mol. The highest BCUT2D eigenvalue weighted by atomic mass is 32.2. The number of allylic oxidation sites excluding steroid dienone is 1. The molecule has 3 atom stereocenters. The first-order valence-corrected chi connectivity index (χ1v) is 10.8. The molecule has 2 aromatic carbocycles. The van der Waals surface area contributed by atoms with Crippen LogP contribution in [0.1, 0.15) is 37.0 Å². The van der Waals surface area contributed by atoms with Gasteiger partial charge in [0.05, 0.1) is 5.56 Å². The maximum Gasteiger partial charge on any atom is 0.339 e. The Morgan fingerprint density at radius 3 is 2.79 bits per heavy atom. The van der Waals surface area contributed by atoms with Gasteiger partial charge in [0.1, 0.15) is 5.38 Å². The second kappa shape index (κ2) is 7.30. The Hall–Kier alpha value is -2.83. The van der Waals surface area contributed by atoms with Gasteiger partial charge in [0.15, 0.2) is 15.2 Å². The minimum Gasteiger partial charge on any atom is -0.442 e. The summed E-state index contributed by atoms with van der Waals surface area (Å²) in [4.78, 5) is 14.0. The van der Waals surface area contributed by atoms with Crippen molar-refractivity contribution >= 4 is 26.5 Å². The van der Waals surface area contributed by atoms with Gasteiger partial charge in [-0.2, -0.15) is 0 Å². The predicted octanol–water partition coefficient (Wildman–Crippen LogP) is 6.48. The molecule has 1 heterocycles. The van der Waals surface area contributed by atoms with Crippen LogP contribution in [0.15, 0.2) is 71.6 Å². The zero-order valence-electron chi connectivity index (χ0n) is 16.1. The van der Waals surface area contributed by atoms with Crippen LogP contribution in [-0.2, 0) is 4.74 Å². The lowest BCUT2D eigenvalue weighted by molar-refractivity contribution is -0.000688. The Bertz CT molecular complexity index is 1110. The van der Waals surface area contributed by atoms with E-state index in [4.69, 9.17) is 11.2 Å². The van der Waals surface area contributed by atoms with Crippen LogP contribution >= 0.6 is 10.5 Å². The van der Waals surface area contributed by atoms with Gasteiger partial charge in [0.25, 0.3) is 0 Å². The van der Waals surface area contributed by atoms with Crippen LogP contribution in [0.2, 0.25) is 0 Å². The maximum atomic E-state index is 12.9. The lowest BCUT2D eigenvalue weighted by Crippen LogP contribution is -2.36. The number of esters is 1. The molecule has 2 nitrogen and oxygen atoms in total. The molecule has 140 valence electrons. The molecule has 0 N–H and O–H groups in total. The first-order valence-electron chi connectivity index (χ1n) is 9.49. The molecule has 4 rings (SSSR count). The second-order valence-electron chi connectivity index (χ2n) is 7.51. The van der Waals surface area contributed by atoms with Crippen molar-refractivity contribution in [1.82, 2.24) is 0 Å². The summed E-state index contributed by atoms with van der Waals surface area (Å²) in [6, 6.07) is 18.2. The van der Waals surface area contributed by atoms with E-state index in [0.29, 0.717) is 5.56 Å². The molecular weight excluding hydrogens is 364 g/mol. The van der Waals surface area contributed by atoms with E-state index in [1.165, 1.54) is 15.7 Å². The maximum absolute atomic E-state index is 12.9. The van der Waals surface area contributed by atoms with Crippen LogP contribution in [-0.4, -0.2) is 11.6 Å². The van der Waals surface area contributed by atoms with E-state index >= 15 is 0 Å². The monoisotopic (exact) mass is 387 g/mol. The van der Waals surface area contributed by atoms with Crippen LogP contribution in [0.4, 0.5) is 0 Å². The van der Waals surface area contributed by atoms with Crippen molar-refractivity contribution in [3.8, 4) is 17.2 Å². The molecule has 0 aliphatic heterocycles. The summed E-state index contributed by atoms with van der Waals surface area (Å²) in [5, 5.41) is 3.44. The van der Waals surface area contributed by atoms with E-state index in [9.17, 15) is 4.79 Å². The van der Waals surface area contributed by atoms with Gasteiger partial charge in [0, 0.05) is 33.9 Å². The Balaban J connectivity index is 1.62. The van der Waals surface area contributed by atoms with Crippen molar-refractivity contribution in [3.63, 3.8) is 0 Å². The van der Waals surface area contributed by atoms with Gasteiger partial charge in [-0.25, -0.2) is 4.79 Å². The number of carbonyl (C=O) groups excluding carboxylic acids is 1. The Morgan fingerprint density at radius 1 is 1.21 bits per heavy atom. The van der Waals surface area contributed by atoms with Gasteiger partial charge in [-0.3, -0.25) is 0 Å². The summed E-state index contributed by atoms with van der Waals surface area (Å²) in [5.41, 5.74) is 0.924. The molecular formula is C25H23O2S+. The fraction of sp³-hybridized carbons (Fsp3) is 0.240. The third-order valence-corrected chi connectivity index (χ3v) is 7.51. The number of fused-ring (bicyclic) bond motifs is 1. The van der Waals surface area contributed by atoms with E-state index in [1.807, 2.05) is 25.1 Å². The Morgan fingerprint density at radius 2 is 2.04 bits per heavy atom. The lowest BCUT2D eigenvalue weighted by Gasteiger charge is -2.29. The molecule has 3 aromatic rings. The van der Waals surface area contributed by atoms with Crippen LogP contribution in [0.5, 0.6) is 0 Å². The molecule has 0 fully saturated rings. The number of rotatable bonds is 4. The van der Waals surface area contributed by atoms with E-state index in [0.717, 1.165) is 17.7 Å². The molecule has 0 radical (unpaired) electrons. The van der Waals surface area contributed by atoms with Crippen LogP contribution < -0.4 is 0 Å². The summed E-state index contributed by atoms with van der Waals surface area (Å²) < 4.78 is 7.14. The summed E-state index contributed by atoms with van der Waals surface area (Å²) in [6.45, 7) is 3.93. The van der Waals surface area contributed by atoms with Gasteiger partial charge < -0.3 is 4.74 Å². The van der Waals surface area contributed by atoms with Crippen molar-refractivity contribution in [3.05, 3.63) is 77.2 Å². The molecule has 3 unspecified atom stereocenters. The van der Waals surface area contributed by atoms with Gasteiger partial charge in [-0.1, -0.05) is 35.8 Å². The van der Waals surface area contributed by atoms with Crippen molar-refractivity contribution in [2.75, 3.05) is 0 Å². The number of hydrogen-bond donors (Lipinski definition) is 0. The van der Waals surface area contributed by atoms with E-state index in [1.54, 1.807) is 6.07 Å². The number of terminal acetylenes is 1. The highest BCUT2D eigenvalue weighted by Gasteiger charge is 2.37. The summed E-state index contributed by atoms with van der Waals surface area (Å²) in [7, 11) is -0.162.